The Labute approximate surface area is 164 Å². The lowest BCUT2D eigenvalue weighted by molar-refractivity contribution is -0.132. The van der Waals surface area contributed by atoms with Crippen LogP contribution in [-0.4, -0.2) is 68.4 Å². The third-order valence-electron chi connectivity index (χ3n) is 5.38. The lowest BCUT2D eigenvalue weighted by Crippen LogP contribution is -2.50. The van der Waals surface area contributed by atoms with Gasteiger partial charge in [-0.1, -0.05) is 36.9 Å². The molecule has 1 aromatic heterocycles. The van der Waals surface area contributed by atoms with E-state index in [0.717, 1.165) is 49.4 Å². The number of likely N-dealkylation sites (N-methyl/N-ethyl adjacent to an activating group) is 1. The summed E-state index contributed by atoms with van der Waals surface area (Å²) in [5.41, 5.74) is 1.07. The summed E-state index contributed by atoms with van der Waals surface area (Å²) in [6.45, 7) is 8.77. The van der Waals surface area contributed by atoms with Crippen LogP contribution in [0.2, 0.25) is 0 Å². The van der Waals surface area contributed by atoms with Crippen LogP contribution in [0.3, 0.4) is 0 Å². The van der Waals surface area contributed by atoms with Crippen LogP contribution in [0.5, 0.6) is 0 Å². The maximum Gasteiger partial charge on any atom is 0.235 e. The van der Waals surface area contributed by atoms with Crippen LogP contribution >= 0.6 is 11.8 Å². The molecule has 144 valence electrons. The second-order valence-corrected chi connectivity index (χ2v) is 8.61. The summed E-state index contributed by atoms with van der Waals surface area (Å²) >= 11 is 1.52. The van der Waals surface area contributed by atoms with Gasteiger partial charge in [0.1, 0.15) is 5.82 Å². The van der Waals surface area contributed by atoms with Gasteiger partial charge in [-0.05, 0) is 38.4 Å². The number of piperazine rings is 1. The Kier molecular flexibility index (Phi) is 5.50. The van der Waals surface area contributed by atoms with Gasteiger partial charge in [0.15, 0.2) is 5.16 Å². The number of hydrogen-bond donors (Lipinski definition) is 0. The molecule has 7 heteroatoms. The molecule has 0 radical (unpaired) electrons. The minimum Gasteiger partial charge on any atom is -0.339 e. The molecule has 1 saturated carbocycles. The smallest absolute Gasteiger partial charge is 0.235 e. The van der Waals surface area contributed by atoms with E-state index in [1.807, 2.05) is 30.0 Å². The number of aromatic nitrogens is 3. The van der Waals surface area contributed by atoms with Crippen molar-refractivity contribution in [3.05, 3.63) is 36.2 Å². The number of hydrogen-bond acceptors (Lipinski definition) is 5. The molecule has 6 nitrogen and oxygen atoms in total. The highest BCUT2D eigenvalue weighted by Crippen LogP contribution is 2.41. The molecule has 2 fully saturated rings. The van der Waals surface area contributed by atoms with Crippen LogP contribution in [0.1, 0.15) is 38.4 Å². The molecule has 0 bridgehead atoms. The second-order valence-electron chi connectivity index (χ2n) is 7.31. The Morgan fingerprint density at radius 3 is 2.48 bits per heavy atom. The predicted octanol–water partition coefficient (Wildman–Crippen LogP) is 2.79. The summed E-state index contributed by atoms with van der Waals surface area (Å²) in [6.07, 6.45) is 2.34. The molecule has 1 amide bonds. The molecule has 0 unspecified atom stereocenters. The summed E-state index contributed by atoms with van der Waals surface area (Å²) in [4.78, 5) is 17.3. The molecule has 2 aliphatic rings. The summed E-state index contributed by atoms with van der Waals surface area (Å²) < 4.78 is 2.14. The molecule has 4 rings (SSSR count). The predicted molar refractivity (Wildman–Crippen MR) is 107 cm³/mol. The minimum absolute atomic E-state index is 0.170. The lowest BCUT2D eigenvalue weighted by Gasteiger charge is -2.35. The number of para-hydroxylation sites is 1. The molecule has 1 aliphatic heterocycles. The van der Waals surface area contributed by atoms with E-state index in [1.165, 1.54) is 24.6 Å². The van der Waals surface area contributed by atoms with Gasteiger partial charge >= 0.3 is 0 Å². The zero-order valence-electron chi connectivity index (χ0n) is 16.0. The number of carbonyl (C=O) groups excluding carboxylic acids is 1. The highest BCUT2D eigenvalue weighted by atomic mass is 32.2. The van der Waals surface area contributed by atoms with Crippen molar-refractivity contribution in [3.63, 3.8) is 0 Å². The fourth-order valence-corrected chi connectivity index (χ4v) is 4.49. The number of amides is 1. The van der Waals surface area contributed by atoms with Crippen LogP contribution < -0.4 is 0 Å². The Hall–Kier alpha value is -1.86. The van der Waals surface area contributed by atoms with Crippen molar-refractivity contribution in [3.8, 4) is 5.69 Å². The van der Waals surface area contributed by atoms with Gasteiger partial charge in [-0.25, -0.2) is 0 Å². The molecule has 2 aromatic rings. The summed E-state index contributed by atoms with van der Waals surface area (Å²) in [5.74, 6) is 1.73. The van der Waals surface area contributed by atoms with Crippen LogP contribution in [0.25, 0.3) is 5.69 Å². The molecule has 1 atom stereocenters. The van der Waals surface area contributed by atoms with Gasteiger partial charge in [-0.15, -0.1) is 10.2 Å². The van der Waals surface area contributed by atoms with Crippen molar-refractivity contribution in [2.45, 2.75) is 43.0 Å². The number of nitrogens with zero attached hydrogens (tertiary/aromatic N) is 5. The molecular weight excluding hydrogens is 358 g/mol. The third-order valence-corrected chi connectivity index (χ3v) is 6.41. The lowest BCUT2D eigenvalue weighted by atomic mass is 10.3. The third kappa shape index (κ3) is 4.04. The van der Waals surface area contributed by atoms with E-state index < -0.39 is 0 Å². The number of rotatable bonds is 6. The van der Waals surface area contributed by atoms with Gasteiger partial charge in [0, 0.05) is 37.8 Å². The van der Waals surface area contributed by atoms with E-state index >= 15 is 0 Å². The van der Waals surface area contributed by atoms with E-state index in [-0.39, 0.29) is 11.2 Å². The van der Waals surface area contributed by atoms with E-state index in [4.69, 9.17) is 0 Å². The standard InChI is InChI=1S/C20H27N5OS/c1-3-23-11-13-24(14-12-23)19(26)15(2)27-20-22-21-18(16-9-10-16)25(20)17-7-5-4-6-8-17/h4-8,15-16H,3,9-14H2,1-2H3/t15-/m0/s1. The van der Waals surface area contributed by atoms with Crippen LogP contribution in [0, 0.1) is 0 Å². The Morgan fingerprint density at radius 2 is 1.85 bits per heavy atom. The fraction of sp³-hybridized carbons (Fsp3) is 0.550. The molecule has 27 heavy (non-hydrogen) atoms. The highest BCUT2D eigenvalue weighted by molar-refractivity contribution is 8.00. The van der Waals surface area contributed by atoms with Crippen molar-refractivity contribution >= 4 is 17.7 Å². The van der Waals surface area contributed by atoms with Gasteiger partial charge in [-0.3, -0.25) is 9.36 Å². The summed E-state index contributed by atoms with van der Waals surface area (Å²) in [5, 5.41) is 9.55. The molecule has 1 aliphatic carbocycles. The Bertz CT molecular complexity index is 781. The topological polar surface area (TPSA) is 54.3 Å². The zero-order valence-corrected chi connectivity index (χ0v) is 16.9. The normalized spacial score (nSPS) is 19.3. The first-order chi connectivity index (χ1) is 13.2. The fourth-order valence-electron chi connectivity index (χ4n) is 3.53. The van der Waals surface area contributed by atoms with Crippen molar-refractivity contribution in [2.75, 3.05) is 32.7 Å². The summed E-state index contributed by atoms with van der Waals surface area (Å²) in [7, 11) is 0. The van der Waals surface area contributed by atoms with E-state index in [9.17, 15) is 4.79 Å². The number of carbonyl (C=O) groups is 1. The zero-order chi connectivity index (χ0) is 18.8. The molecule has 1 aromatic carbocycles. The minimum atomic E-state index is -0.170. The SMILES string of the molecule is CCN1CCN(C(=O)[C@H](C)Sc2nnc(C3CC3)n2-c2ccccc2)CC1. The van der Waals surface area contributed by atoms with Gasteiger partial charge in [0.2, 0.25) is 5.91 Å². The Balaban J connectivity index is 1.50. The van der Waals surface area contributed by atoms with Crippen LogP contribution in [0.4, 0.5) is 0 Å². The van der Waals surface area contributed by atoms with Gasteiger partial charge in [0.05, 0.1) is 5.25 Å². The number of thioether (sulfide) groups is 1. The first-order valence-electron chi connectivity index (χ1n) is 9.86. The van der Waals surface area contributed by atoms with Gasteiger partial charge < -0.3 is 9.80 Å². The molecule has 1 saturated heterocycles. The molecule has 0 spiro atoms. The first-order valence-corrected chi connectivity index (χ1v) is 10.7. The highest BCUT2D eigenvalue weighted by Gasteiger charge is 2.32. The van der Waals surface area contributed by atoms with E-state index in [0.29, 0.717) is 5.92 Å². The van der Waals surface area contributed by atoms with E-state index in [2.05, 4.69) is 38.7 Å². The van der Waals surface area contributed by atoms with E-state index in [1.54, 1.807) is 0 Å². The maximum atomic E-state index is 12.9. The largest absolute Gasteiger partial charge is 0.339 e. The van der Waals surface area contributed by atoms with Crippen molar-refractivity contribution in [1.82, 2.24) is 24.6 Å². The molecule has 2 heterocycles. The molecule has 0 N–H and O–H groups in total. The van der Waals surface area contributed by atoms with Crippen LogP contribution in [-0.2, 0) is 4.79 Å². The monoisotopic (exact) mass is 385 g/mol. The quantitative estimate of drug-likeness (QED) is 0.716. The first kappa shape index (κ1) is 18.5. The number of benzene rings is 1. The molecular formula is C20H27N5OS. The second kappa shape index (κ2) is 8.02. The average Bonchev–Trinajstić information content (AvgIpc) is 3.48. The van der Waals surface area contributed by atoms with Crippen molar-refractivity contribution in [1.29, 1.82) is 0 Å². The van der Waals surface area contributed by atoms with Crippen molar-refractivity contribution < 1.29 is 4.79 Å². The Morgan fingerprint density at radius 1 is 1.15 bits per heavy atom. The van der Waals surface area contributed by atoms with Crippen molar-refractivity contribution in [2.24, 2.45) is 0 Å². The summed E-state index contributed by atoms with van der Waals surface area (Å²) in [6, 6.07) is 10.2. The van der Waals surface area contributed by atoms with Crippen LogP contribution in [0.15, 0.2) is 35.5 Å². The average molecular weight is 386 g/mol. The maximum absolute atomic E-state index is 12.9. The van der Waals surface area contributed by atoms with Gasteiger partial charge in [0.25, 0.3) is 0 Å². The van der Waals surface area contributed by atoms with Gasteiger partial charge in [-0.2, -0.15) is 0 Å².